The van der Waals surface area contributed by atoms with Crippen LogP contribution in [0.15, 0.2) is 48.5 Å². The Labute approximate surface area is 208 Å². The average Bonchev–Trinajstić information content (AvgIpc) is 3.09. The van der Waals surface area contributed by atoms with Crippen LogP contribution in [0.3, 0.4) is 0 Å². The summed E-state index contributed by atoms with van der Waals surface area (Å²) in [5.41, 5.74) is 0.880. The molecule has 2 aromatic carbocycles. The number of carboxylic acid groups (broad SMARTS) is 1. The molecule has 2 N–H and O–H groups in total. The number of hydrogen-bond donors (Lipinski definition) is 2. The minimum atomic E-state index is -1.31. The molecule has 1 aliphatic heterocycles. The summed E-state index contributed by atoms with van der Waals surface area (Å²) in [5, 5.41) is 12.3. The Hall–Kier alpha value is -3.22. The lowest BCUT2D eigenvalue weighted by atomic mass is 9.83. The number of rotatable bonds is 10. The van der Waals surface area contributed by atoms with E-state index in [0.29, 0.717) is 37.6 Å². The van der Waals surface area contributed by atoms with Crippen LogP contribution in [0.1, 0.15) is 59.1 Å². The quantitative estimate of drug-likeness (QED) is 0.496. The largest absolute Gasteiger partial charge is 0.494 e. The molecular weight excluding hydrogens is 444 g/mol. The van der Waals surface area contributed by atoms with Gasteiger partial charge in [0.2, 0.25) is 0 Å². The molecule has 3 rings (SSSR count). The Balaban J connectivity index is 1.68. The number of nitrogens with zero attached hydrogens (tertiary/aromatic N) is 1. The van der Waals surface area contributed by atoms with Crippen LogP contribution in [0.2, 0.25) is 0 Å². The molecule has 7 nitrogen and oxygen atoms in total. The van der Waals surface area contributed by atoms with Crippen LogP contribution in [0.25, 0.3) is 0 Å². The molecule has 1 saturated heterocycles. The van der Waals surface area contributed by atoms with E-state index in [9.17, 15) is 14.7 Å². The summed E-state index contributed by atoms with van der Waals surface area (Å²) >= 11 is 0. The molecule has 7 heteroatoms. The SMILES string of the molecule is CCN1C(=O)NCC1(CCOc1ccc(OC(C)(C)C(=O)O)cc1)Cc1ccc(C(C)(C)C)cc1. The molecule has 1 heterocycles. The first kappa shape index (κ1) is 26.4. The predicted molar refractivity (Wildman–Crippen MR) is 136 cm³/mol. The van der Waals surface area contributed by atoms with E-state index in [-0.39, 0.29) is 17.0 Å². The maximum absolute atomic E-state index is 12.5. The van der Waals surface area contributed by atoms with E-state index in [2.05, 4.69) is 50.4 Å². The van der Waals surface area contributed by atoms with Crippen LogP contribution in [0, 0.1) is 0 Å². The van der Waals surface area contributed by atoms with Gasteiger partial charge in [-0.25, -0.2) is 9.59 Å². The summed E-state index contributed by atoms with van der Waals surface area (Å²) in [4.78, 5) is 25.7. The van der Waals surface area contributed by atoms with Gasteiger partial charge in [-0.1, -0.05) is 45.0 Å². The molecule has 0 radical (unpaired) electrons. The van der Waals surface area contributed by atoms with Gasteiger partial charge in [0.1, 0.15) is 11.5 Å². The number of carbonyl (C=O) groups excluding carboxylic acids is 1. The fourth-order valence-corrected chi connectivity index (χ4v) is 4.40. The van der Waals surface area contributed by atoms with E-state index < -0.39 is 11.6 Å². The summed E-state index contributed by atoms with van der Waals surface area (Å²) < 4.78 is 11.6. The van der Waals surface area contributed by atoms with E-state index in [1.54, 1.807) is 24.3 Å². The van der Waals surface area contributed by atoms with Gasteiger partial charge in [-0.2, -0.15) is 0 Å². The van der Waals surface area contributed by atoms with Gasteiger partial charge in [0.25, 0.3) is 0 Å². The first-order valence-corrected chi connectivity index (χ1v) is 12.2. The fraction of sp³-hybridized carbons (Fsp3) is 0.500. The lowest BCUT2D eigenvalue weighted by Gasteiger charge is -2.37. The van der Waals surface area contributed by atoms with E-state index >= 15 is 0 Å². The van der Waals surface area contributed by atoms with Gasteiger partial charge in [-0.15, -0.1) is 0 Å². The molecule has 0 aromatic heterocycles. The molecule has 0 aliphatic carbocycles. The molecule has 1 aliphatic rings. The fourth-order valence-electron chi connectivity index (χ4n) is 4.40. The molecule has 2 amide bonds. The predicted octanol–water partition coefficient (Wildman–Crippen LogP) is 5.02. The van der Waals surface area contributed by atoms with Gasteiger partial charge < -0.3 is 24.8 Å². The number of ether oxygens (including phenoxy) is 2. The molecule has 35 heavy (non-hydrogen) atoms. The van der Waals surface area contributed by atoms with Gasteiger partial charge >= 0.3 is 12.0 Å². The average molecular weight is 483 g/mol. The summed E-state index contributed by atoms with van der Waals surface area (Å²) in [6.45, 7) is 13.2. The van der Waals surface area contributed by atoms with Gasteiger partial charge in [0, 0.05) is 19.5 Å². The lowest BCUT2D eigenvalue weighted by molar-refractivity contribution is -0.152. The van der Waals surface area contributed by atoms with Crippen molar-refractivity contribution in [1.29, 1.82) is 0 Å². The van der Waals surface area contributed by atoms with Crippen molar-refractivity contribution in [1.82, 2.24) is 10.2 Å². The van der Waals surface area contributed by atoms with Crippen LogP contribution in [0.5, 0.6) is 11.5 Å². The van der Waals surface area contributed by atoms with Crippen LogP contribution in [-0.4, -0.2) is 52.8 Å². The summed E-state index contributed by atoms with van der Waals surface area (Å²) in [5.74, 6) is 0.0922. The van der Waals surface area contributed by atoms with Crippen LogP contribution >= 0.6 is 0 Å². The first-order valence-electron chi connectivity index (χ1n) is 12.2. The van der Waals surface area contributed by atoms with Crippen molar-refractivity contribution >= 4 is 12.0 Å². The Morgan fingerprint density at radius 2 is 1.63 bits per heavy atom. The van der Waals surface area contributed by atoms with Crippen molar-refractivity contribution in [3.8, 4) is 11.5 Å². The highest BCUT2D eigenvalue weighted by atomic mass is 16.5. The maximum Gasteiger partial charge on any atom is 0.347 e. The van der Waals surface area contributed by atoms with Gasteiger partial charge in [-0.05, 0) is 68.0 Å². The minimum absolute atomic E-state index is 0.0404. The van der Waals surface area contributed by atoms with Crippen molar-refractivity contribution in [3.63, 3.8) is 0 Å². The zero-order valence-corrected chi connectivity index (χ0v) is 21.7. The van der Waals surface area contributed by atoms with Crippen molar-refractivity contribution < 1.29 is 24.2 Å². The highest BCUT2D eigenvalue weighted by molar-refractivity contribution is 5.78. The van der Waals surface area contributed by atoms with Gasteiger partial charge in [0.15, 0.2) is 5.60 Å². The molecule has 1 unspecified atom stereocenters. The third-order valence-electron chi connectivity index (χ3n) is 6.60. The highest BCUT2D eigenvalue weighted by Gasteiger charge is 2.44. The Kier molecular flexibility index (Phi) is 7.68. The van der Waals surface area contributed by atoms with Crippen LogP contribution < -0.4 is 14.8 Å². The number of aliphatic carboxylic acids is 1. The van der Waals surface area contributed by atoms with Crippen molar-refractivity contribution in [3.05, 3.63) is 59.7 Å². The summed E-state index contributed by atoms with van der Waals surface area (Å²) in [7, 11) is 0. The molecule has 1 fully saturated rings. The molecule has 0 spiro atoms. The number of amides is 2. The van der Waals surface area contributed by atoms with Crippen molar-refractivity contribution in [2.75, 3.05) is 19.7 Å². The molecular formula is C28H38N2O5. The molecule has 2 aromatic rings. The van der Waals surface area contributed by atoms with E-state index in [0.717, 1.165) is 6.42 Å². The zero-order chi connectivity index (χ0) is 25.9. The Morgan fingerprint density at radius 1 is 1.03 bits per heavy atom. The Morgan fingerprint density at radius 3 is 2.17 bits per heavy atom. The second kappa shape index (κ2) is 10.2. The number of hydrogen-bond acceptors (Lipinski definition) is 4. The third kappa shape index (κ3) is 6.27. The van der Waals surface area contributed by atoms with Crippen LogP contribution in [0.4, 0.5) is 4.79 Å². The monoisotopic (exact) mass is 482 g/mol. The van der Waals surface area contributed by atoms with E-state index in [4.69, 9.17) is 9.47 Å². The van der Waals surface area contributed by atoms with Crippen molar-refractivity contribution in [2.24, 2.45) is 0 Å². The first-order chi connectivity index (χ1) is 16.4. The van der Waals surface area contributed by atoms with E-state index in [1.807, 2.05) is 11.8 Å². The third-order valence-corrected chi connectivity index (χ3v) is 6.60. The van der Waals surface area contributed by atoms with Gasteiger partial charge in [-0.3, -0.25) is 0 Å². The Bertz CT molecular complexity index is 1020. The van der Waals surface area contributed by atoms with E-state index in [1.165, 1.54) is 25.0 Å². The van der Waals surface area contributed by atoms with Crippen molar-refractivity contribution in [2.45, 2.75) is 70.9 Å². The number of urea groups is 1. The number of nitrogens with one attached hydrogen (secondary N) is 1. The molecule has 0 bridgehead atoms. The summed E-state index contributed by atoms with van der Waals surface area (Å²) in [6.07, 6.45) is 1.41. The normalized spacial score (nSPS) is 18.3. The topological polar surface area (TPSA) is 88.1 Å². The zero-order valence-electron chi connectivity index (χ0n) is 21.7. The highest BCUT2D eigenvalue weighted by Crippen LogP contribution is 2.31. The number of carboxylic acids is 1. The second-order valence-electron chi connectivity index (χ2n) is 10.7. The number of benzene rings is 2. The lowest BCUT2D eigenvalue weighted by Crippen LogP contribution is -2.50. The molecule has 0 saturated carbocycles. The van der Waals surface area contributed by atoms with Crippen LogP contribution in [-0.2, 0) is 16.6 Å². The smallest absolute Gasteiger partial charge is 0.347 e. The second-order valence-corrected chi connectivity index (χ2v) is 10.7. The molecule has 1 atom stereocenters. The summed E-state index contributed by atoms with van der Waals surface area (Å²) in [6, 6.07) is 15.6. The van der Waals surface area contributed by atoms with Gasteiger partial charge in [0.05, 0.1) is 12.1 Å². The standard InChI is InChI=1S/C28H38N2O5/c1-7-30-25(33)29-19-28(30,18-20-8-10-21(11-9-20)26(2,3)4)16-17-34-22-12-14-23(15-13-22)35-27(5,6)24(31)32/h8-15H,7,16-19H2,1-6H3,(H,29,33)(H,31,32). The maximum atomic E-state index is 12.5. The number of likely N-dealkylation sites (N-methyl/N-ethyl adjacent to an activating group) is 1. The number of carbonyl (C=O) groups is 2. The molecule has 190 valence electrons. The minimum Gasteiger partial charge on any atom is -0.494 e.